The van der Waals surface area contributed by atoms with Crippen molar-refractivity contribution in [3.05, 3.63) is 30.4 Å². The lowest BCUT2D eigenvalue weighted by Crippen LogP contribution is -2.20. The fraction of sp³-hybridized carbons (Fsp3) is 0.353. The van der Waals surface area contributed by atoms with E-state index in [1.54, 1.807) is 6.07 Å². The normalized spacial score (nSPS) is 14.4. The third-order valence-electron chi connectivity index (χ3n) is 4.52. The first-order valence-electron chi connectivity index (χ1n) is 8.75. The van der Waals surface area contributed by atoms with Crippen molar-refractivity contribution >= 4 is 28.6 Å². The maximum atomic E-state index is 12.7. The second-order valence-electron chi connectivity index (χ2n) is 6.39. The van der Waals surface area contributed by atoms with E-state index in [1.165, 1.54) is 13.4 Å². The van der Waals surface area contributed by atoms with E-state index in [1.807, 2.05) is 0 Å². The molecule has 12 heteroatoms. The number of rotatable bonds is 4. The van der Waals surface area contributed by atoms with Gasteiger partial charge in [0.05, 0.1) is 24.4 Å². The van der Waals surface area contributed by atoms with E-state index < -0.39 is 12.2 Å². The number of aromatic nitrogens is 5. The lowest BCUT2D eigenvalue weighted by atomic mass is 10.3. The molecule has 4 heterocycles. The molecule has 1 saturated heterocycles. The fourth-order valence-electron chi connectivity index (χ4n) is 3.12. The minimum Gasteiger partial charge on any atom is -0.493 e. The lowest BCUT2D eigenvalue weighted by molar-refractivity contribution is -0.212. The highest BCUT2D eigenvalue weighted by Crippen LogP contribution is 2.31. The SMILES string of the molecule is COc1cc2ncnc(N3CCCC3)c2nc1NC(=O)c1cnn(C(F)(F)F)c1. The second-order valence-corrected chi connectivity index (χ2v) is 6.39. The summed E-state index contributed by atoms with van der Waals surface area (Å²) in [5.41, 5.74) is 0.730. The molecule has 0 saturated carbocycles. The highest BCUT2D eigenvalue weighted by atomic mass is 19.4. The van der Waals surface area contributed by atoms with Crippen molar-refractivity contribution < 1.29 is 22.7 Å². The summed E-state index contributed by atoms with van der Waals surface area (Å²) in [5.74, 6) is 0.112. The molecule has 1 aliphatic rings. The number of alkyl halides is 3. The number of nitrogens with zero attached hydrogens (tertiary/aromatic N) is 6. The van der Waals surface area contributed by atoms with E-state index in [2.05, 4.69) is 30.3 Å². The summed E-state index contributed by atoms with van der Waals surface area (Å²) in [6, 6.07) is 1.60. The predicted octanol–water partition coefficient (Wildman–Crippen LogP) is 2.56. The van der Waals surface area contributed by atoms with Gasteiger partial charge in [-0.3, -0.25) is 4.79 Å². The predicted molar refractivity (Wildman–Crippen MR) is 96.8 cm³/mol. The number of methoxy groups -OCH3 is 1. The Kier molecular flexibility index (Phi) is 4.68. The molecule has 3 aromatic rings. The molecule has 152 valence electrons. The van der Waals surface area contributed by atoms with Crippen LogP contribution >= 0.6 is 0 Å². The van der Waals surface area contributed by atoms with E-state index in [-0.39, 0.29) is 21.8 Å². The first kappa shape index (κ1) is 18.9. The van der Waals surface area contributed by atoms with Crippen molar-refractivity contribution in [3.63, 3.8) is 0 Å². The highest BCUT2D eigenvalue weighted by molar-refractivity contribution is 6.05. The molecule has 29 heavy (non-hydrogen) atoms. The minimum absolute atomic E-state index is 0.0556. The molecular weight excluding hydrogens is 391 g/mol. The zero-order chi connectivity index (χ0) is 20.6. The molecule has 0 atom stereocenters. The van der Waals surface area contributed by atoms with E-state index in [9.17, 15) is 18.0 Å². The number of ether oxygens (including phenoxy) is 1. The number of pyridine rings is 1. The summed E-state index contributed by atoms with van der Waals surface area (Å²) in [7, 11) is 1.39. The van der Waals surface area contributed by atoms with E-state index in [0.717, 1.165) is 32.1 Å². The number of fused-ring (bicyclic) bond motifs is 1. The number of nitrogens with one attached hydrogen (secondary N) is 1. The molecule has 3 aromatic heterocycles. The van der Waals surface area contributed by atoms with Crippen molar-refractivity contribution in [1.82, 2.24) is 24.7 Å². The van der Waals surface area contributed by atoms with Crippen LogP contribution in [0.3, 0.4) is 0 Å². The Hall–Kier alpha value is -3.44. The summed E-state index contributed by atoms with van der Waals surface area (Å²) in [4.78, 5) is 27.5. The Labute approximate surface area is 162 Å². The van der Waals surface area contributed by atoms with Crippen molar-refractivity contribution in [2.45, 2.75) is 19.1 Å². The van der Waals surface area contributed by atoms with Gasteiger partial charge >= 0.3 is 6.30 Å². The number of hydrogen-bond acceptors (Lipinski definition) is 7. The van der Waals surface area contributed by atoms with Crippen LogP contribution < -0.4 is 15.0 Å². The lowest BCUT2D eigenvalue weighted by Gasteiger charge is -2.18. The zero-order valence-electron chi connectivity index (χ0n) is 15.3. The Morgan fingerprint density at radius 3 is 2.66 bits per heavy atom. The van der Waals surface area contributed by atoms with E-state index >= 15 is 0 Å². The van der Waals surface area contributed by atoms with Crippen LogP contribution in [0.5, 0.6) is 5.75 Å². The van der Waals surface area contributed by atoms with Crippen LogP contribution in [0.2, 0.25) is 0 Å². The zero-order valence-corrected chi connectivity index (χ0v) is 15.3. The molecule has 0 unspecified atom stereocenters. The van der Waals surface area contributed by atoms with Crippen LogP contribution in [0, 0.1) is 0 Å². The quantitative estimate of drug-likeness (QED) is 0.710. The topological polar surface area (TPSA) is 98.1 Å². The summed E-state index contributed by atoms with van der Waals surface area (Å²) in [5, 5.41) is 5.64. The highest BCUT2D eigenvalue weighted by Gasteiger charge is 2.32. The monoisotopic (exact) mass is 407 g/mol. The van der Waals surface area contributed by atoms with Gasteiger partial charge in [0.15, 0.2) is 17.4 Å². The van der Waals surface area contributed by atoms with Gasteiger partial charge in [-0.05, 0) is 12.8 Å². The average Bonchev–Trinajstić information content (AvgIpc) is 3.38. The van der Waals surface area contributed by atoms with Crippen LogP contribution in [0.4, 0.5) is 24.8 Å². The number of carbonyl (C=O) groups excluding carboxylic acids is 1. The van der Waals surface area contributed by atoms with Crippen LogP contribution in [-0.4, -0.2) is 50.8 Å². The average molecular weight is 407 g/mol. The minimum atomic E-state index is -4.71. The van der Waals surface area contributed by atoms with Gasteiger partial charge in [-0.15, -0.1) is 13.2 Å². The van der Waals surface area contributed by atoms with E-state index in [4.69, 9.17) is 4.74 Å². The van der Waals surface area contributed by atoms with Gasteiger partial charge in [0.25, 0.3) is 5.91 Å². The van der Waals surface area contributed by atoms with Gasteiger partial charge in [0, 0.05) is 25.4 Å². The molecule has 4 rings (SSSR count). The Morgan fingerprint density at radius 2 is 2.00 bits per heavy atom. The molecule has 0 bridgehead atoms. The molecule has 9 nitrogen and oxygen atoms in total. The molecule has 0 aromatic carbocycles. The Bertz CT molecular complexity index is 1060. The maximum Gasteiger partial charge on any atom is 0.504 e. The molecule has 0 spiro atoms. The first-order chi connectivity index (χ1) is 13.9. The molecule has 0 radical (unpaired) electrons. The molecule has 1 fully saturated rings. The van der Waals surface area contributed by atoms with Gasteiger partial charge < -0.3 is 15.0 Å². The molecule has 1 N–H and O–H groups in total. The van der Waals surface area contributed by atoms with Crippen LogP contribution in [0.1, 0.15) is 23.2 Å². The summed E-state index contributed by atoms with van der Waals surface area (Å²) < 4.78 is 43.1. The molecule has 1 amide bonds. The number of amides is 1. The van der Waals surface area contributed by atoms with Crippen LogP contribution in [-0.2, 0) is 6.30 Å². The van der Waals surface area contributed by atoms with Crippen LogP contribution in [0.25, 0.3) is 11.0 Å². The van der Waals surface area contributed by atoms with Crippen molar-refractivity contribution in [1.29, 1.82) is 0 Å². The van der Waals surface area contributed by atoms with Gasteiger partial charge in [-0.25, -0.2) is 15.0 Å². The molecular formula is C17H16F3N7O2. The molecule has 0 aliphatic carbocycles. The standard InChI is InChI=1S/C17H16F3N7O2/c1-29-12-6-11-13(15(22-9-21-11)26-4-2-3-5-26)24-14(12)25-16(28)10-7-23-27(8-10)17(18,19)20/h6-9H,2-5H2,1H3,(H,24,25,28). The number of carbonyl (C=O) groups is 1. The summed E-state index contributed by atoms with van der Waals surface area (Å²) in [6.07, 6.45) is 0.222. The van der Waals surface area contributed by atoms with Crippen molar-refractivity contribution in [2.24, 2.45) is 0 Å². The summed E-state index contributed by atoms with van der Waals surface area (Å²) in [6.45, 7) is 1.66. The fourth-order valence-corrected chi connectivity index (χ4v) is 3.12. The first-order valence-corrected chi connectivity index (χ1v) is 8.75. The third kappa shape index (κ3) is 3.65. The largest absolute Gasteiger partial charge is 0.504 e. The third-order valence-corrected chi connectivity index (χ3v) is 4.52. The van der Waals surface area contributed by atoms with Crippen molar-refractivity contribution in [3.8, 4) is 5.75 Å². The van der Waals surface area contributed by atoms with Gasteiger partial charge in [0.2, 0.25) is 0 Å². The smallest absolute Gasteiger partial charge is 0.493 e. The second kappa shape index (κ2) is 7.18. The molecule has 1 aliphatic heterocycles. The number of halogens is 3. The van der Waals surface area contributed by atoms with Gasteiger partial charge in [0.1, 0.15) is 11.8 Å². The van der Waals surface area contributed by atoms with Crippen molar-refractivity contribution in [2.75, 3.05) is 30.4 Å². The van der Waals surface area contributed by atoms with Crippen LogP contribution in [0.15, 0.2) is 24.8 Å². The van der Waals surface area contributed by atoms with Gasteiger partial charge in [-0.1, -0.05) is 0 Å². The Morgan fingerprint density at radius 1 is 1.24 bits per heavy atom. The number of anilines is 2. The number of hydrogen-bond donors (Lipinski definition) is 1. The Balaban J connectivity index is 1.69. The van der Waals surface area contributed by atoms with Gasteiger partial charge in [-0.2, -0.15) is 9.78 Å². The summed E-state index contributed by atoms with van der Waals surface area (Å²) >= 11 is 0. The maximum absolute atomic E-state index is 12.7. The van der Waals surface area contributed by atoms with E-state index in [0.29, 0.717) is 23.0 Å².